The Kier molecular flexibility index (Phi) is 4.67. The highest BCUT2D eigenvalue weighted by atomic mass is 16.3. The van der Waals surface area contributed by atoms with E-state index in [-0.39, 0.29) is 0 Å². The van der Waals surface area contributed by atoms with Crippen LogP contribution in [0.15, 0.2) is 12.4 Å². The number of hydrogen-bond donors (Lipinski definition) is 1. The van der Waals surface area contributed by atoms with Gasteiger partial charge in [-0.15, -0.1) is 0 Å². The van der Waals surface area contributed by atoms with Crippen LogP contribution in [0.5, 0.6) is 0 Å². The average Bonchev–Trinajstić information content (AvgIpc) is 2.72. The van der Waals surface area contributed by atoms with Gasteiger partial charge in [-0.25, -0.2) is 4.98 Å². The van der Waals surface area contributed by atoms with Crippen molar-refractivity contribution in [1.82, 2.24) is 9.55 Å². The maximum Gasteiger partial charge on any atom is 0.108 e. The highest BCUT2D eigenvalue weighted by Crippen LogP contribution is 2.38. The van der Waals surface area contributed by atoms with Crippen LogP contribution in [0.1, 0.15) is 58.2 Å². The largest absolute Gasteiger partial charge is 0.390 e. The van der Waals surface area contributed by atoms with Crippen LogP contribution in [0.25, 0.3) is 0 Å². The molecule has 108 valence electrons. The van der Waals surface area contributed by atoms with Crippen molar-refractivity contribution in [3.05, 3.63) is 18.2 Å². The molecule has 0 bridgehead atoms. The summed E-state index contributed by atoms with van der Waals surface area (Å²) in [5.74, 6) is 2.53. The van der Waals surface area contributed by atoms with Crippen molar-refractivity contribution in [2.75, 3.05) is 0 Å². The van der Waals surface area contributed by atoms with E-state index in [1.54, 1.807) is 0 Å². The molecule has 2 unspecified atom stereocenters. The van der Waals surface area contributed by atoms with Crippen molar-refractivity contribution in [2.45, 2.75) is 64.4 Å². The molecule has 1 aliphatic rings. The Labute approximate surface area is 117 Å². The van der Waals surface area contributed by atoms with E-state index in [1.807, 2.05) is 19.4 Å². The summed E-state index contributed by atoms with van der Waals surface area (Å²) in [5, 5.41) is 10.8. The molecule has 1 N–H and O–H groups in total. The van der Waals surface area contributed by atoms with E-state index in [0.717, 1.165) is 37.4 Å². The minimum absolute atomic E-state index is 0.455. The Morgan fingerprint density at radius 2 is 2.32 bits per heavy atom. The van der Waals surface area contributed by atoms with E-state index in [1.165, 1.54) is 19.3 Å². The zero-order chi connectivity index (χ0) is 13.9. The molecular formula is C16H28N2O. The highest BCUT2D eigenvalue weighted by molar-refractivity contribution is 4.95. The van der Waals surface area contributed by atoms with Crippen molar-refractivity contribution >= 4 is 0 Å². The highest BCUT2D eigenvalue weighted by Gasteiger charge is 2.34. The fourth-order valence-electron chi connectivity index (χ4n) is 3.54. The van der Waals surface area contributed by atoms with Gasteiger partial charge < -0.3 is 9.67 Å². The fraction of sp³-hybridized carbons (Fsp3) is 0.812. The third kappa shape index (κ3) is 4.07. The molecule has 0 spiro atoms. The summed E-state index contributed by atoms with van der Waals surface area (Å²) in [6.07, 6.45) is 11.2. The van der Waals surface area contributed by atoms with Crippen LogP contribution in [0.3, 0.4) is 0 Å². The summed E-state index contributed by atoms with van der Waals surface area (Å²) in [6, 6.07) is 0. The van der Waals surface area contributed by atoms with Crippen molar-refractivity contribution in [1.29, 1.82) is 0 Å². The maximum absolute atomic E-state index is 10.8. The van der Waals surface area contributed by atoms with Crippen molar-refractivity contribution in [3.8, 4) is 0 Å². The van der Waals surface area contributed by atoms with E-state index >= 15 is 0 Å². The molecule has 0 saturated heterocycles. The molecule has 0 amide bonds. The molecule has 2 rings (SSSR count). The van der Waals surface area contributed by atoms with E-state index in [4.69, 9.17) is 0 Å². The molecule has 1 heterocycles. The number of aryl methyl sites for hydroxylation is 2. The summed E-state index contributed by atoms with van der Waals surface area (Å²) >= 11 is 0. The molecule has 2 atom stereocenters. The normalized spacial score (nSPS) is 27.9. The smallest absolute Gasteiger partial charge is 0.108 e. The monoisotopic (exact) mass is 264 g/mol. The zero-order valence-corrected chi connectivity index (χ0v) is 12.6. The first-order valence-corrected chi connectivity index (χ1v) is 7.67. The predicted molar refractivity (Wildman–Crippen MR) is 77.9 cm³/mol. The third-order valence-electron chi connectivity index (χ3n) is 4.46. The lowest BCUT2D eigenvalue weighted by Gasteiger charge is -2.37. The molecule has 1 fully saturated rings. The maximum atomic E-state index is 10.8. The quantitative estimate of drug-likeness (QED) is 0.886. The summed E-state index contributed by atoms with van der Waals surface area (Å²) < 4.78 is 2.05. The van der Waals surface area contributed by atoms with Crippen LogP contribution in [0, 0.1) is 11.8 Å². The first-order chi connectivity index (χ1) is 8.98. The first kappa shape index (κ1) is 14.6. The van der Waals surface area contributed by atoms with Gasteiger partial charge in [0.2, 0.25) is 0 Å². The number of aliphatic hydroxyl groups is 1. The number of imidazole rings is 1. The van der Waals surface area contributed by atoms with E-state index in [0.29, 0.717) is 5.92 Å². The second-order valence-corrected chi connectivity index (χ2v) is 6.77. The number of rotatable bonds is 5. The summed E-state index contributed by atoms with van der Waals surface area (Å²) in [4.78, 5) is 4.35. The van der Waals surface area contributed by atoms with Crippen LogP contribution in [0.2, 0.25) is 0 Å². The Hall–Kier alpha value is -0.830. The second-order valence-electron chi connectivity index (χ2n) is 6.77. The molecule has 19 heavy (non-hydrogen) atoms. The van der Waals surface area contributed by atoms with Gasteiger partial charge in [0.05, 0.1) is 5.60 Å². The van der Waals surface area contributed by atoms with Crippen LogP contribution in [-0.4, -0.2) is 20.3 Å². The molecule has 1 aromatic heterocycles. The number of hydrogen-bond acceptors (Lipinski definition) is 2. The topological polar surface area (TPSA) is 38.1 Å². The standard InChI is InChI=1S/C16H28N2O/c1-13(2)11-14-5-4-7-16(19,12-14)8-6-15-17-9-10-18(15)3/h9-10,13-14,19H,4-8,11-12H2,1-3H3. The molecule has 0 aromatic carbocycles. The van der Waals surface area contributed by atoms with Gasteiger partial charge in [-0.2, -0.15) is 0 Å². The average molecular weight is 264 g/mol. The van der Waals surface area contributed by atoms with Crippen molar-refractivity contribution in [2.24, 2.45) is 18.9 Å². The van der Waals surface area contributed by atoms with Gasteiger partial charge in [0.1, 0.15) is 5.82 Å². The first-order valence-electron chi connectivity index (χ1n) is 7.67. The minimum Gasteiger partial charge on any atom is -0.390 e. The van der Waals surface area contributed by atoms with Crippen LogP contribution >= 0.6 is 0 Å². The molecule has 0 aliphatic heterocycles. The number of nitrogens with zero attached hydrogens (tertiary/aromatic N) is 2. The van der Waals surface area contributed by atoms with E-state index < -0.39 is 5.60 Å². The lowest BCUT2D eigenvalue weighted by Crippen LogP contribution is -2.36. The Morgan fingerprint density at radius 3 is 2.95 bits per heavy atom. The van der Waals surface area contributed by atoms with Gasteiger partial charge >= 0.3 is 0 Å². The summed E-state index contributed by atoms with van der Waals surface area (Å²) in [7, 11) is 2.02. The Balaban J connectivity index is 1.89. The second kappa shape index (κ2) is 6.08. The summed E-state index contributed by atoms with van der Waals surface area (Å²) in [6.45, 7) is 4.56. The van der Waals surface area contributed by atoms with Crippen molar-refractivity contribution in [3.63, 3.8) is 0 Å². The Morgan fingerprint density at radius 1 is 1.53 bits per heavy atom. The fourth-order valence-corrected chi connectivity index (χ4v) is 3.54. The van der Waals surface area contributed by atoms with Crippen LogP contribution in [0.4, 0.5) is 0 Å². The molecule has 1 aliphatic carbocycles. The van der Waals surface area contributed by atoms with Gasteiger partial charge in [0, 0.05) is 25.9 Å². The summed E-state index contributed by atoms with van der Waals surface area (Å²) in [5.41, 5.74) is -0.455. The SMILES string of the molecule is CC(C)CC1CCCC(O)(CCc2nccn2C)C1. The minimum atomic E-state index is -0.455. The van der Waals surface area contributed by atoms with Gasteiger partial charge in [-0.05, 0) is 37.5 Å². The molecule has 0 radical (unpaired) electrons. The van der Waals surface area contributed by atoms with E-state index in [9.17, 15) is 5.11 Å². The lowest BCUT2D eigenvalue weighted by molar-refractivity contribution is -0.0264. The van der Waals surface area contributed by atoms with E-state index in [2.05, 4.69) is 23.4 Å². The van der Waals surface area contributed by atoms with Gasteiger partial charge in [-0.3, -0.25) is 0 Å². The third-order valence-corrected chi connectivity index (χ3v) is 4.46. The predicted octanol–water partition coefficient (Wildman–Crippen LogP) is 3.32. The molecular weight excluding hydrogens is 236 g/mol. The van der Waals surface area contributed by atoms with Gasteiger partial charge in [-0.1, -0.05) is 26.7 Å². The molecule has 1 aromatic rings. The van der Waals surface area contributed by atoms with Crippen LogP contribution in [-0.2, 0) is 13.5 Å². The zero-order valence-electron chi connectivity index (χ0n) is 12.6. The molecule has 1 saturated carbocycles. The van der Waals surface area contributed by atoms with Crippen molar-refractivity contribution < 1.29 is 5.11 Å². The Bertz CT molecular complexity index is 399. The van der Waals surface area contributed by atoms with Gasteiger partial charge in [0.25, 0.3) is 0 Å². The lowest BCUT2D eigenvalue weighted by atomic mass is 9.73. The molecule has 3 heteroatoms. The van der Waals surface area contributed by atoms with Gasteiger partial charge in [0.15, 0.2) is 0 Å². The van der Waals surface area contributed by atoms with Crippen LogP contribution < -0.4 is 0 Å². The number of aromatic nitrogens is 2. The molecule has 3 nitrogen and oxygen atoms in total.